The number of nitrogens with zero attached hydrogens (tertiary/aromatic N) is 3. The first kappa shape index (κ1) is 24.9. The van der Waals surface area contributed by atoms with Crippen LogP contribution < -0.4 is 10.3 Å². The second-order valence-corrected chi connectivity index (χ2v) is 8.75. The molecule has 0 radical (unpaired) electrons. The molecular weight excluding hydrogens is 446 g/mol. The Hall–Kier alpha value is -3.73. The maximum Gasteiger partial charge on any atom is 0.410 e. The standard InChI is InChI=1S/C23H27N3O8/c1-23(2,3)34-22(31)25(4)15-11-14(12-27)26-16(21(30)32-5)17(19(28)24-18(15)26)33-20(29)13-9-7-6-8-10-13/h6-10,14-15,27H,11-12H2,1-5H3. The van der Waals surface area contributed by atoms with Gasteiger partial charge in [-0.05, 0) is 39.3 Å². The number of esters is 2. The molecule has 2 aromatic rings. The molecule has 11 nitrogen and oxygen atoms in total. The minimum atomic E-state index is -0.989. The van der Waals surface area contributed by atoms with Crippen LogP contribution in [0.2, 0.25) is 0 Å². The van der Waals surface area contributed by atoms with Gasteiger partial charge in [0.2, 0.25) is 5.75 Å². The van der Waals surface area contributed by atoms with Gasteiger partial charge in [0.05, 0.1) is 31.4 Å². The molecule has 182 valence electrons. The minimum Gasteiger partial charge on any atom is -0.464 e. The molecule has 11 heteroatoms. The first-order valence-corrected chi connectivity index (χ1v) is 10.6. The highest BCUT2D eigenvalue weighted by atomic mass is 16.6. The van der Waals surface area contributed by atoms with E-state index < -0.39 is 53.6 Å². The second-order valence-electron chi connectivity index (χ2n) is 8.75. The smallest absolute Gasteiger partial charge is 0.410 e. The fourth-order valence-corrected chi connectivity index (χ4v) is 3.66. The Labute approximate surface area is 195 Å². The van der Waals surface area contributed by atoms with E-state index in [0.29, 0.717) is 0 Å². The zero-order valence-electron chi connectivity index (χ0n) is 19.6. The Morgan fingerprint density at radius 2 is 1.82 bits per heavy atom. The van der Waals surface area contributed by atoms with E-state index >= 15 is 0 Å². The molecule has 3 rings (SSSR count). The van der Waals surface area contributed by atoms with Gasteiger partial charge < -0.3 is 28.8 Å². The van der Waals surface area contributed by atoms with Crippen molar-refractivity contribution in [2.24, 2.45) is 0 Å². The summed E-state index contributed by atoms with van der Waals surface area (Å²) in [5.74, 6) is -2.41. The Bertz CT molecular complexity index is 1150. The predicted octanol–water partition coefficient (Wildman–Crippen LogP) is 2.09. The summed E-state index contributed by atoms with van der Waals surface area (Å²) in [4.78, 5) is 56.2. The number of aliphatic hydroxyl groups excluding tert-OH is 1. The van der Waals surface area contributed by atoms with Crippen LogP contribution in [0.5, 0.6) is 5.75 Å². The van der Waals surface area contributed by atoms with Crippen LogP contribution in [-0.2, 0) is 9.47 Å². The van der Waals surface area contributed by atoms with Gasteiger partial charge in [-0.15, -0.1) is 0 Å². The number of rotatable bonds is 5. The van der Waals surface area contributed by atoms with Gasteiger partial charge in [-0.3, -0.25) is 4.79 Å². The highest BCUT2D eigenvalue weighted by molar-refractivity contribution is 5.95. The molecule has 1 aliphatic rings. The topological polar surface area (TPSA) is 137 Å². The molecule has 2 heterocycles. The van der Waals surface area contributed by atoms with Crippen LogP contribution in [0.1, 0.15) is 65.9 Å². The molecule has 0 spiro atoms. The first-order chi connectivity index (χ1) is 16.0. The summed E-state index contributed by atoms with van der Waals surface area (Å²) < 4.78 is 16.8. The van der Waals surface area contributed by atoms with Gasteiger partial charge >= 0.3 is 23.6 Å². The van der Waals surface area contributed by atoms with Crippen LogP contribution >= 0.6 is 0 Å². The Kier molecular flexibility index (Phi) is 7.06. The van der Waals surface area contributed by atoms with Gasteiger partial charge in [0.1, 0.15) is 11.4 Å². The summed E-state index contributed by atoms with van der Waals surface area (Å²) >= 11 is 0. The van der Waals surface area contributed by atoms with E-state index in [1.165, 1.54) is 28.6 Å². The zero-order valence-corrected chi connectivity index (χ0v) is 19.6. The molecule has 1 aromatic carbocycles. The maximum absolute atomic E-state index is 12.9. The molecule has 0 bridgehead atoms. The highest BCUT2D eigenvalue weighted by Crippen LogP contribution is 2.39. The number of ether oxygens (including phenoxy) is 3. The van der Waals surface area contributed by atoms with Crippen molar-refractivity contribution in [3.05, 3.63) is 57.8 Å². The lowest BCUT2D eigenvalue weighted by Crippen LogP contribution is -2.37. The number of fused-ring (bicyclic) bond motifs is 1. The molecule has 0 fully saturated rings. The van der Waals surface area contributed by atoms with Crippen molar-refractivity contribution in [1.29, 1.82) is 0 Å². The number of aliphatic hydroxyl groups is 1. The molecule has 1 N–H and O–H groups in total. The predicted molar refractivity (Wildman–Crippen MR) is 119 cm³/mol. The lowest BCUT2D eigenvalue weighted by molar-refractivity contribution is 0.0209. The van der Waals surface area contributed by atoms with Crippen molar-refractivity contribution < 1.29 is 33.7 Å². The summed E-state index contributed by atoms with van der Waals surface area (Å²) in [7, 11) is 2.58. The van der Waals surface area contributed by atoms with E-state index in [9.17, 15) is 24.3 Å². The minimum absolute atomic E-state index is 0.0392. The molecular formula is C23H27N3O8. The number of hydrogen-bond donors (Lipinski definition) is 1. The van der Waals surface area contributed by atoms with Crippen LogP contribution in [-0.4, -0.2) is 64.0 Å². The fourth-order valence-electron chi connectivity index (χ4n) is 3.66. The number of aromatic nitrogens is 2. The van der Waals surface area contributed by atoms with Crippen LogP contribution in [0.3, 0.4) is 0 Å². The number of carbonyl (C=O) groups excluding carboxylic acids is 3. The number of hydrogen-bond acceptors (Lipinski definition) is 9. The third kappa shape index (κ3) is 4.93. The van der Waals surface area contributed by atoms with Crippen LogP contribution in [0.4, 0.5) is 4.79 Å². The summed E-state index contributed by atoms with van der Waals surface area (Å²) in [5.41, 5.74) is -1.97. The maximum atomic E-state index is 12.9. The summed E-state index contributed by atoms with van der Waals surface area (Å²) in [5, 5.41) is 10.0. The Balaban J connectivity index is 2.11. The van der Waals surface area contributed by atoms with E-state index in [1.54, 1.807) is 39.0 Å². The molecule has 1 aromatic heterocycles. The van der Waals surface area contributed by atoms with Crippen molar-refractivity contribution in [3.63, 3.8) is 0 Å². The molecule has 34 heavy (non-hydrogen) atoms. The van der Waals surface area contributed by atoms with Crippen LogP contribution in [0.15, 0.2) is 35.1 Å². The Morgan fingerprint density at radius 1 is 1.18 bits per heavy atom. The molecule has 0 saturated carbocycles. The Morgan fingerprint density at radius 3 is 2.38 bits per heavy atom. The van der Waals surface area contributed by atoms with Gasteiger partial charge in [-0.25, -0.2) is 14.4 Å². The zero-order chi connectivity index (χ0) is 25.2. The SMILES string of the molecule is COC(=O)c1c(OC(=O)c2ccccc2)c(=O)nc2n1C(CO)CC2N(C)C(=O)OC(C)(C)C. The highest BCUT2D eigenvalue weighted by Gasteiger charge is 2.42. The van der Waals surface area contributed by atoms with Gasteiger partial charge in [-0.1, -0.05) is 18.2 Å². The quantitative estimate of drug-likeness (QED) is 0.647. The van der Waals surface area contributed by atoms with Crippen molar-refractivity contribution >= 4 is 18.0 Å². The van der Waals surface area contributed by atoms with E-state index in [4.69, 9.17) is 14.2 Å². The summed E-state index contributed by atoms with van der Waals surface area (Å²) in [6, 6.07) is 6.37. The van der Waals surface area contributed by atoms with Crippen molar-refractivity contribution in [2.75, 3.05) is 20.8 Å². The van der Waals surface area contributed by atoms with Crippen molar-refractivity contribution in [3.8, 4) is 5.75 Å². The summed E-state index contributed by atoms with van der Waals surface area (Å²) in [6.07, 6.45) is -0.533. The van der Waals surface area contributed by atoms with E-state index in [2.05, 4.69) is 4.98 Å². The monoisotopic (exact) mass is 473 g/mol. The lowest BCUT2D eigenvalue weighted by Gasteiger charge is -2.28. The molecule has 1 amide bonds. The van der Waals surface area contributed by atoms with Crippen molar-refractivity contribution in [2.45, 2.75) is 44.9 Å². The van der Waals surface area contributed by atoms with Crippen LogP contribution in [0, 0.1) is 0 Å². The van der Waals surface area contributed by atoms with Gasteiger partial charge in [0.15, 0.2) is 5.69 Å². The molecule has 1 aliphatic heterocycles. The fraction of sp³-hybridized carbons (Fsp3) is 0.435. The molecule has 0 aliphatic carbocycles. The molecule has 2 unspecified atom stereocenters. The third-order valence-corrected chi connectivity index (χ3v) is 5.21. The van der Waals surface area contributed by atoms with E-state index in [1.807, 2.05) is 0 Å². The first-order valence-electron chi connectivity index (χ1n) is 10.6. The van der Waals surface area contributed by atoms with Gasteiger partial charge in [-0.2, -0.15) is 4.98 Å². The second kappa shape index (κ2) is 9.64. The average molecular weight is 473 g/mol. The molecule has 0 saturated heterocycles. The van der Waals surface area contributed by atoms with Crippen LogP contribution in [0.25, 0.3) is 0 Å². The summed E-state index contributed by atoms with van der Waals surface area (Å²) in [6.45, 7) is 4.70. The number of amides is 1. The number of methoxy groups -OCH3 is 1. The van der Waals surface area contributed by atoms with Crippen molar-refractivity contribution in [1.82, 2.24) is 14.5 Å². The third-order valence-electron chi connectivity index (χ3n) is 5.21. The van der Waals surface area contributed by atoms with E-state index in [-0.39, 0.29) is 23.5 Å². The van der Waals surface area contributed by atoms with E-state index in [0.717, 1.165) is 7.11 Å². The largest absolute Gasteiger partial charge is 0.464 e. The number of carbonyl (C=O) groups is 3. The number of benzene rings is 1. The normalized spacial score (nSPS) is 17.0. The molecule has 2 atom stereocenters. The average Bonchev–Trinajstić information content (AvgIpc) is 3.15. The van der Waals surface area contributed by atoms with Gasteiger partial charge in [0, 0.05) is 7.05 Å². The van der Waals surface area contributed by atoms with Gasteiger partial charge in [0.25, 0.3) is 0 Å². The lowest BCUT2D eigenvalue weighted by atomic mass is 10.1.